The molecule has 3 heterocycles. The lowest BCUT2D eigenvalue weighted by Crippen LogP contribution is -2.36. The van der Waals surface area contributed by atoms with Crippen molar-refractivity contribution in [1.82, 2.24) is 9.97 Å². The summed E-state index contributed by atoms with van der Waals surface area (Å²) < 4.78 is 6.20. The third kappa shape index (κ3) is 3.53. The number of benzene rings is 6. The molecule has 2 aromatic heterocycles. The molecular formula is C45H31N3O. The molecule has 0 bridgehead atoms. The lowest BCUT2D eigenvalue weighted by atomic mass is 9.69. The summed E-state index contributed by atoms with van der Waals surface area (Å²) in [5, 5.41) is 3.23. The van der Waals surface area contributed by atoms with Gasteiger partial charge in [0.25, 0.3) is 0 Å². The third-order valence-corrected chi connectivity index (χ3v) is 11.2. The van der Waals surface area contributed by atoms with Gasteiger partial charge in [-0.3, -0.25) is 0 Å². The van der Waals surface area contributed by atoms with Gasteiger partial charge in [-0.05, 0) is 75.4 Å². The summed E-state index contributed by atoms with van der Waals surface area (Å²) in [5.74, 6) is 0.861. The van der Waals surface area contributed by atoms with Gasteiger partial charge in [0.1, 0.15) is 11.2 Å². The molecule has 8 aromatic rings. The number of furan rings is 1. The van der Waals surface area contributed by atoms with Crippen LogP contribution in [0.1, 0.15) is 47.6 Å². The summed E-state index contributed by atoms with van der Waals surface area (Å²) in [5.41, 5.74) is 15.3. The summed E-state index contributed by atoms with van der Waals surface area (Å²) in [6.45, 7) is 4.77. The van der Waals surface area contributed by atoms with E-state index in [4.69, 9.17) is 14.4 Å². The van der Waals surface area contributed by atoms with Crippen LogP contribution in [-0.2, 0) is 5.41 Å². The molecule has 0 saturated carbocycles. The fourth-order valence-electron chi connectivity index (χ4n) is 9.22. The Morgan fingerprint density at radius 1 is 0.612 bits per heavy atom. The molecule has 4 heteroatoms. The smallest absolute Gasteiger partial charge is 0.231 e. The van der Waals surface area contributed by atoms with Gasteiger partial charge in [-0.1, -0.05) is 117 Å². The molecule has 6 aromatic carbocycles. The molecule has 2 atom stereocenters. The van der Waals surface area contributed by atoms with E-state index in [-0.39, 0.29) is 17.4 Å². The fourth-order valence-corrected chi connectivity index (χ4v) is 9.22. The number of allylic oxidation sites excluding steroid dienone is 1. The fraction of sp³-hybridized carbons (Fsp3) is 0.111. The minimum absolute atomic E-state index is 0.000431. The van der Waals surface area contributed by atoms with E-state index in [9.17, 15) is 0 Å². The van der Waals surface area contributed by atoms with Crippen molar-refractivity contribution in [3.8, 4) is 11.3 Å². The Morgan fingerprint density at radius 2 is 1.31 bits per heavy atom. The number of hydrogen-bond donors (Lipinski definition) is 0. The van der Waals surface area contributed by atoms with Crippen LogP contribution in [-0.4, -0.2) is 16.0 Å². The minimum atomic E-state index is -0.147. The van der Waals surface area contributed by atoms with Gasteiger partial charge >= 0.3 is 0 Å². The van der Waals surface area contributed by atoms with Gasteiger partial charge in [-0.15, -0.1) is 0 Å². The van der Waals surface area contributed by atoms with Crippen molar-refractivity contribution in [2.45, 2.75) is 31.2 Å². The van der Waals surface area contributed by atoms with Crippen LogP contribution >= 0.6 is 0 Å². The normalized spacial score (nSPS) is 18.4. The number of rotatable bonds is 2. The van der Waals surface area contributed by atoms with Gasteiger partial charge in [0.05, 0.1) is 17.3 Å². The SMILES string of the molecule is CC1(C)C2=C(c3ccccc31)C1C(c3ccccc32)c2ccccc2N1c1nc(-c2ccc3oc4ccccc4c3c2)c2ccccc2n1. The molecule has 0 amide bonds. The predicted molar refractivity (Wildman–Crippen MR) is 199 cm³/mol. The number of nitrogens with zero attached hydrogens (tertiary/aromatic N) is 3. The Labute approximate surface area is 284 Å². The van der Waals surface area contributed by atoms with Crippen LogP contribution in [0.25, 0.3) is 55.2 Å². The van der Waals surface area contributed by atoms with E-state index < -0.39 is 0 Å². The second kappa shape index (κ2) is 9.55. The van der Waals surface area contributed by atoms with E-state index in [0.29, 0.717) is 0 Å². The number of para-hydroxylation sites is 3. The van der Waals surface area contributed by atoms with Crippen LogP contribution < -0.4 is 4.90 Å². The molecule has 2 aliphatic carbocycles. The first-order valence-corrected chi connectivity index (χ1v) is 17.1. The average molecular weight is 630 g/mol. The third-order valence-electron chi connectivity index (χ3n) is 11.2. The van der Waals surface area contributed by atoms with Crippen molar-refractivity contribution >= 4 is 55.6 Å². The molecule has 49 heavy (non-hydrogen) atoms. The first kappa shape index (κ1) is 27.0. The zero-order valence-corrected chi connectivity index (χ0v) is 27.2. The van der Waals surface area contributed by atoms with Gasteiger partial charge in [0, 0.05) is 38.7 Å². The lowest BCUT2D eigenvalue weighted by Gasteiger charge is -2.38. The molecule has 3 aliphatic rings. The molecular weight excluding hydrogens is 599 g/mol. The van der Waals surface area contributed by atoms with Gasteiger partial charge in [0.15, 0.2) is 0 Å². The highest BCUT2D eigenvalue weighted by Gasteiger charge is 2.53. The van der Waals surface area contributed by atoms with Gasteiger partial charge in [-0.2, -0.15) is 0 Å². The summed E-state index contributed by atoms with van der Waals surface area (Å²) >= 11 is 0. The molecule has 4 nitrogen and oxygen atoms in total. The summed E-state index contributed by atoms with van der Waals surface area (Å²) in [6.07, 6.45) is 0. The standard InChI is InChI=1S/C45H31N3O/c1-45(2)34-19-9-5-16-30(34)40-41(45)29-15-4-3-14-28(29)39-32-18-7-11-21-36(32)48(43(39)40)44-46-35-20-10-6-17-31(35)42(47-44)26-23-24-38-33(25-26)27-13-8-12-22-37(27)49-38/h3-25,39,43H,1-2H3. The van der Waals surface area contributed by atoms with Gasteiger partial charge in [-0.25, -0.2) is 9.97 Å². The van der Waals surface area contributed by atoms with Gasteiger partial charge < -0.3 is 9.32 Å². The second-order valence-electron chi connectivity index (χ2n) is 14.1. The zero-order chi connectivity index (χ0) is 32.4. The largest absolute Gasteiger partial charge is 0.456 e. The zero-order valence-electron chi connectivity index (χ0n) is 27.2. The monoisotopic (exact) mass is 629 g/mol. The molecule has 0 N–H and O–H groups in total. The Bertz CT molecular complexity index is 2730. The molecule has 2 unspecified atom stereocenters. The second-order valence-corrected chi connectivity index (χ2v) is 14.1. The topological polar surface area (TPSA) is 42.2 Å². The quantitative estimate of drug-likeness (QED) is 0.191. The van der Waals surface area contributed by atoms with Crippen molar-refractivity contribution < 1.29 is 4.42 Å². The van der Waals surface area contributed by atoms with Gasteiger partial charge in [0.2, 0.25) is 5.95 Å². The lowest BCUT2D eigenvalue weighted by molar-refractivity contribution is 0.669. The predicted octanol–water partition coefficient (Wildman–Crippen LogP) is 11.1. The molecule has 11 rings (SSSR count). The molecule has 0 radical (unpaired) electrons. The highest BCUT2D eigenvalue weighted by molar-refractivity contribution is 6.09. The van der Waals surface area contributed by atoms with E-state index in [1.807, 2.05) is 12.1 Å². The van der Waals surface area contributed by atoms with E-state index in [0.717, 1.165) is 50.0 Å². The van der Waals surface area contributed by atoms with Crippen molar-refractivity contribution in [2.24, 2.45) is 0 Å². The van der Waals surface area contributed by atoms with Crippen LogP contribution in [0.15, 0.2) is 144 Å². The summed E-state index contributed by atoms with van der Waals surface area (Å²) in [6, 6.07) is 50.1. The number of fused-ring (bicyclic) bond motifs is 13. The van der Waals surface area contributed by atoms with E-state index in [1.54, 1.807) is 0 Å². The van der Waals surface area contributed by atoms with Crippen molar-refractivity contribution in [3.05, 3.63) is 167 Å². The van der Waals surface area contributed by atoms with Crippen molar-refractivity contribution in [2.75, 3.05) is 4.90 Å². The highest BCUT2D eigenvalue weighted by atomic mass is 16.3. The summed E-state index contributed by atoms with van der Waals surface area (Å²) in [7, 11) is 0. The molecule has 0 fully saturated rings. The van der Waals surface area contributed by atoms with Crippen LogP contribution in [0.5, 0.6) is 0 Å². The van der Waals surface area contributed by atoms with Crippen LogP contribution in [0.4, 0.5) is 11.6 Å². The number of hydrogen-bond acceptors (Lipinski definition) is 4. The Balaban J connectivity index is 1.20. The molecule has 0 saturated heterocycles. The Kier molecular flexibility index (Phi) is 5.26. The molecule has 232 valence electrons. The van der Waals surface area contributed by atoms with Crippen LogP contribution in [0.2, 0.25) is 0 Å². The number of anilines is 2. The molecule has 0 spiro atoms. The Hall–Kier alpha value is -6.00. The minimum Gasteiger partial charge on any atom is -0.456 e. The first-order valence-electron chi connectivity index (χ1n) is 17.1. The van der Waals surface area contributed by atoms with Crippen molar-refractivity contribution in [1.29, 1.82) is 0 Å². The maximum absolute atomic E-state index is 6.20. The molecule has 1 aliphatic heterocycles. The van der Waals surface area contributed by atoms with Crippen LogP contribution in [0, 0.1) is 0 Å². The van der Waals surface area contributed by atoms with E-state index in [2.05, 4.69) is 146 Å². The number of aromatic nitrogens is 2. The highest BCUT2D eigenvalue weighted by Crippen LogP contribution is 2.63. The van der Waals surface area contributed by atoms with E-state index >= 15 is 0 Å². The van der Waals surface area contributed by atoms with Crippen LogP contribution in [0.3, 0.4) is 0 Å². The average Bonchev–Trinajstić information content (AvgIpc) is 3.77. The van der Waals surface area contributed by atoms with E-state index in [1.165, 1.54) is 44.7 Å². The Morgan fingerprint density at radius 3 is 2.20 bits per heavy atom. The van der Waals surface area contributed by atoms with Crippen molar-refractivity contribution in [3.63, 3.8) is 0 Å². The maximum Gasteiger partial charge on any atom is 0.231 e. The summed E-state index contributed by atoms with van der Waals surface area (Å²) in [4.78, 5) is 13.4. The first-order chi connectivity index (χ1) is 24.1. The maximum atomic E-state index is 6.20.